The summed E-state index contributed by atoms with van der Waals surface area (Å²) >= 11 is 0. The Kier molecular flexibility index (Phi) is 4.71. The van der Waals surface area contributed by atoms with Crippen molar-refractivity contribution >= 4 is 11.6 Å². The quantitative estimate of drug-likeness (QED) is 0.745. The molecular weight excluding hydrogens is 338 g/mol. The monoisotopic (exact) mass is 371 g/mol. The van der Waals surface area contributed by atoms with Crippen molar-refractivity contribution in [3.8, 4) is 0 Å². The molecule has 7 unspecified atom stereocenters. The number of rotatable bonds is 4. The maximum Gasteiger partial charge on any atom is 0.155 e. The van der Waals surface area contributed by atoms with E-state index < -0.39 is 11.6 Å². The first kappa shape index (κ1) is 19.1. The largest absolute Gasteiger partial charge is 0.387 e. The highest BCUT2D eigenvalue weighted by atomic mass is 16.3. The van der Waals surface area contributed by atoms with Crippen molar-refractivity contribution in [2.75, 3.05) is 7.05 Å². The molecule has 4 rings (SSSR count). The van der Waals surface area contributed by atoms with E-state index in [4.69, 9.17) is 0 Å². The van der Waals surface area contributed by atoms with Gasteiger partial charge in [0.15, 0.2) is 11.6 Å². The number of Topliss-reactive ketones (excluding diaryl/α,β-unsaturated/α-hetero) is 1. The van der Waals surface area contributed by atoms with Gasteiger partial charge in [0.1, 0.15) is 0 Å². The van der Waals surface area contributed by atoms with Gasteiger partial charge in [0.25, 0.3) is 0 Å². The van der Waals surface area contributed by atoms with Gasteiger partial charge in [0.05, 0.1) is 11.6 Å². The minimum Gasteiger partial charge on any atom is -0.387 e. The first-order valence-corrected chi connectivity index (χ1v) is 10.7. The van der Waals surface area contributed by atoms with Crippen LogP contribution in [0.1, 0.15) is 58.8 Å². The van der Waals surface area contributed by atoms with Gasteiger partial charge in [-0.05, 0) is 68.9 Å². The van der Waals surface area contributed by atoms with Crippen molar-refractivity contribution < 1.29 is 14.7 Å². The van der Waals surface area contributed by atoms with Gasteiger partial charge in [0, 0.05) is 18.3 Å². The van der Waals surface area contributed by atoms with Gasteiger partial charge in [-0.3, -0.25) is 9.59 Å². The Morgan fingerprint density at radius 2 is 2.11 bits per heavy atom. The van der Waals surface area contributed by atoms with Gasteiger partial charge in [-0.15, -0.1) is 0 Å². The van der Waals surface area contributed by atoms with Gasteiger partial charge in [-0.25, -0.2) is 0 Å². The minimum atomic E-state index is -1.03. The molecule has 0 aromatic rings. The fourth-order valence-corrected chi connectivity index (χ4v) is 6.97. The molecule has 4 heteroatoms. The summed E-state index contributed by atoms with van der Waals surface area (Å²) in [5.41, 5.74) is -0.0545. The summed E-state index contributed by atoms with van der Waals surface area (Å²) in [6.07, 6.45) is 12.3. The smallest absolute Gasteiger partial charge is 0.155 e. The van der Waals surface area contributed by atoms with E-state index in [1.165, 1.54) is 5.57 Å². The molecule has 2 fully saturated rings. The SMILES string of the molecule is CCC(=O)C(NC)C1(O)CCC2C3CCC4=CC(=O)CCC4C3C=CC21C. The van der Waals surface area contributed by atoms with Crippen LogP contribution >= 0.6 is 0 Å². The molecule has 0 heterocycles. The zero-order valence-electron chi connectivity index (χ0n) is 16.8. The molecule has 27 heavy (non-hydrogen) atoms. The Morgan fingerprint density at radius 3 is 2.81 bits per heavy atom. The van der Waals surface area contributed by atoms with Crippen LogP contribution in [0.2, 0.25) is 0 Å². The maximum absolute atomic E-state index is 12.6. The van der Waals surface area contributed by atoms with Crippen LogP contribution < -0.4 is 5.32 Å². The van der Waals surface area contributed by atoms with E-state index >= 15 is 0 Å². The van der Waals surface area contributed by atoms with Crippen molar-refractivity contribution in [1.29, 1.82) is 0 Å². The number of aliphatic hydroxyl groups is 1. The number of nitrogens with one attached hydrogen (secondary N) is 1. The summed E-state index contributed by atoms with van der Waals surface area (Å²) < 4.78 is 0. The van der Waals surface area contributed by atoms with Crippen molar-refractivity contribution in [1.82, 2.24) is 5.32 Å². The topological polar surface area (TPSA) is 66.4 Å². The molecule has 148 valence electrons. The Bertz CT molecular complexity index is 710. The third kappa shape index (κ3) is 2.63. The molecule has 7 atom stereocenters. The summed E-state index contributed by atoms with van der Waals surface area (Å²) in [5, 5.41) is 14.9. The summed E-state index contributed by atoms with van der Waals surface area (Å²) in [6, 6.07) is -0.509. The molecule has 0 aliphatic heterocycles. The van der Waals surface area contributed by atoms with E-state index in [1.54, 1.807) is 7.05 Å². The lowest BCUT2D eigenvalue weighted by molar-refractivity contribution is -0.136. The normalized spacial score (nSPS) is 44.1. The van der Waals surface area contributed by atoms with Crippen LogP contribution in [0.5, 0.6) is 0 Å². The van der Waals surface area contributed by atoms with Gasteiger partial charge in [-0.1, -0.05) is 31.6 Å². The van der Waals surface area contributed by atoms with Crippen LogP contribution in [0.25, 0.3) is 0 Å². The van der Waals surface area contributed by atoms with Crippen molar-refractivity contribution in [3.05, 3.63) is 23.8 Å². The summed E-state index contributed by atoms with van der Waals surface area (Å²) in [7, 11) is 1.79. The summed E-state index contributed by atoms with van der Waals surface area (Å²) in [6.45, 7) is 4.04. The Labute approximate surface area is 162 Å². The standard InChI is InChI=1S/C23H33NO3/c1-4-20(26)21(24-3)23(27)12-10-19-18-7-5-14-13-15(25)6-8-16(14)17(18)9-11-22(19,23)2/h9,11,13,16-19,21,24,27H,4-8,10,12H2,1-3H3. The maximum atomic E-state index is 12.6. The Hall–Kier alpha value is -1.26. The van der Waals surface area contributed by atoms with Gasteiger partial charge in [0.2, 0.25) is 0 Å². The minimum absolute atomic E-state index is 0.0945. The number of allylic oxidation sites excluding steroid dienone is 3. The summed E-state index contributed by atoms with van der Waals surface area (Å²) in [4.78, 5) is 24.4. The number of hydrogen-bond acceptors (Lipinski definition) is 4. The van der Waals surface area contributed by atoms with E-state index in [2.05, 4.69) is 24.4 Å². The van der Waals surface area contributed by atoms with E-state index in [1.807, 2.05) is 13.0 Å². The molecule has 0 amide bonds. The first-order chi connectivity index (χ1) is 12.9. The Balaban J connectivity index is 1.69. The lowest BCUT2D eigenvalue weighted by Gasteiger charge is -2.53. The van der Waals surface area contributed by atoms with E-state index in [0.717, 1.165) is 25.7 Å². The molecule has 0 saturated heterocycles. The number of carbonyl (C=O) groups is 2. The van der Waals surface area contributed by atoms with E-state index in [0.29, 0.717) is 42.9 Å². The van der Waals surface area contributed by atoms with Crippen LogP contribution in [-0.2, 0) is 9.59 Å². The fraction of sp³-hybridized carbons (Fsp3) is 0.739. The molecule has 0 spiro atoms. The predicted octanol–water partition coefficient (Wildman–Crippen LogP) is 3.20. The molecule has 2 N–H and O–H groups in total. The number of carbonyl (C=O) groups excluding carboxylic acids is 2. The molecule has 4 nitrogen and oxygen atoms in total. The van der Waals surface area contributed by atoms with Crippen molar-refractivity contribution in [3.63, 3.8) is 0 Å². The highest BCUT2D eigenvalue weighted by Crippen LogP contribution is 2.63. The first-order valence-electron chi connectivity index (χ1n) is 10.7. The second kappa shape index (κ2) is 6.66. The second-order valence-corrected chi connectivity index (χ2v) is 9.36. The molecule has 0 bridgehead atoms. The van der Waals surface area contributed by atoms with Crippen LogP contribution in [0, 0.1) is 29.1 Å². The van der Waals surface area contributed by atoms with E-state index in [-0.39, 0.29) is 17.0 Å². The van der Waals surface area contributed by atoms with Crippen LogP contribution in [0.15, 0.2) is 23.8 Å². The third-order valence-electron chi connectivity index (χ3n) is 8.41. The van der Waals surface area contributed by atoms with Gasteiger partial charge >= 0.3 is 0 Å². The molecule has 2 saturated carbocycles. The molecular formula is C23H33NO3. The van der Waals surface area contributed by atoms with Crippen LogP contribution in [0.3, 0.4) is 0 Å². The van der Waals surface area contributed by atoms with Crippen LogP contribution in [-0.4, -0.2) is 35.4 Å². The highest BCUT2D eigenvalue weighted by molar-refractivity contribution is 5.91. The molecule has 0 aromatic heterocycles. The zero-order valence-corrected chi connectivity index (χ0v) is 16.8. The average Bonchev–Trinajstić information content (AvgIpc) is 2.93. The van der Waals surface area contributed by atoms with E-state index in [9.17, 15) is 14.7 Å². The number of hydrogen-bond donors (Lipinski definition) is 2. The second-order valence-electron chi connectivity index (χ2n) is 9.36. The number of fused-ring (bicyclic) bond motifs is 5. The van der Waals surface area contributed by atoms with Crippen molar-refractivity contribution in [2.45, 2.75) is 70.4 Å². The number of likely N-dealkylation sites (N-methyl/N-ethyl adjacent to an activating group) is 1. The lowest BCUT2D eigenvalue weighted by atomic mass is 9.53. The lowest BCUT2D eigenvalue weighted by Crippen LogP contribution is -2.62. The average molecular weight is 372 g/mol. The fourth-order valence-electron chi connectivity index (χ4n) is 6.97. The Morgan fingerprint density at radius 1 is 1.33 bits per heavy atom. The molecule has 4 aliphatic carbocycles. The van der Waals surface area contributed by atoms with Gasteiger partial charge < -0.3 is 10.4 Å². The van der Waals surface area contributed by atoms with Crippen molar-refractivity contribution in [2.24, 2.45) is 29.1 Å². The zero-order chi connectivity index (χ0) is 19.4. The molecule has 0 aromatic carbocycles. The molecule has 4 aliphatic rings. The van der Waals surface area contributed by atoms with Crippen LogP contribution in [0.4, 0.5) is 0 Å². The third-order valence-corrected chi connectivity index (χ3v) is 8.41. The van der Waals surface area contributed by atoms with Gasteiger partial charge in [-0.2, -0.15) is 0 Å². The number of ketones is 2. The highest BCUT2D eigenvalue weighted by Gasteiger charge is 2.63. The summed E-state index contributed by atoms with van der Waals surface area (Å²) in [5.74, 6) is 2.30. The predicted molar refractivity (Wildman–Crippen MR) is 105 cm³/mol. The molecule has 0 radical (unpaired) electrons.